The van der Waals surface area contributed by atoms with E-state index in [2.05, 4.69) is 43.5 Å². The Morgan fingerprint density at radius 3 is 2.79 bits per heavy atom. The molecule has 1 saturated heterocycles. The van der Waals surface area contributed by atoms with Crippen molar-refractivity contribution in [1.82, 2.24) is 30.1 Å². The van der Waals surface area contributed by atoms with Gasteiger partial charge in [-0.2, -0.15) is 0 Å². The van der Waals surface area contributed by atoms with Gasteiger partial charge >= 0.3 is 0 Å². The minimum Gasteiger partial charge on any atom is -0.356 e. The Hall–Kier alpha value is -1.68. The predicted octanol–water partition coefficient (Wildman–Crippen LogP) is 2.67. The molecule has 1 fully saturated rings. The molecule has 8 heteroatoms. The van der Waals surface area contributed by atoms with E-state index < -0.39 is 0 Å². The van der Waals surface area contributed by atoms with Crippen LogP contribution in [0, 0.1) is 5.92 Å². The molecular weight excluding hydrogens is 465 g/mol. The van der Waals surface area contributed by atoms with Gasteiger partial charge in [0.25, 0.3) is 0 Å². The molecule has 0 unspecified atom stereocenters. The molecule has 0 amide bonds. The van der Waals surface area contributed by atoms with Crippen molar-refractivity contribution in [3.05, 3.63) is 42.6 Å². The zero-order valence-electron chi connectivity index (χ0n) is 16.8. The van der Waals surface area contributed by atoms with Gasteiger partial charge in [-0.1, -0.05) is 6.92 Å². The highest BCUT2D eigenvalue weighted by Crippen LogP contribution is 2.15. The summed E-state index contributed by atoms with van der Waals surface area (Å²) in [5, 5.41) is 6.79. The summed E-state index contributed by atoms with van der Waals surface area (Å²) < 4.78 is 1.90. The zero-order valence-corrected chi connectivity index (χ0v) is 19.2. The first-order chi connectivity index (χ1) is 13.2. The summed E-state index contributed by atoms with van der Waals surface area (Å²) >= 11 is 0. The Bertz CT molecular complexity index is 709. The smallest absolute Gasteiger partial charge is 0.191 e. The third kappa shape index (κ3) is 7.05. The third-order valence-corrected chi connectivity index (χ3v) is 5.08. The van der Waals surface area contributed by atoms with Gasteiger partial charge in [0.05, 0.1) is 0 Å². The van der Waals surface area contributed by atoms with Crippen LogP contribution >= 0.6 is 24.0 Å². The summed E-state index contributed by atoms with van der Waals surface area (Å²) in [5.74, 6) is 2.60. The summed E-state index contributed by atoms with van der Waals surface area (Å²) in [6, 6.07) is 4.07. The van der Waals surface area contributed by atoms with Gasteiger partial charge in [-0.15, -0.1) is 24.0 Å². The fourth-order valence-electron chi connectivity index (χ4n) is 3.31. The monoisotopic (exact) mass is 497 g/mol. The molecule has 0 radical (unpaired) electrons. The van der Waals surface area contributed by atoms with E-state index in [0.717, 1.165) is 42.8 Å². The molecule has 0 saturated carbocycles. The van der Waals surface area contributed by atoms with E-state index in [4.69, 9.17) is 0 Å². The lowest BCUT2D eigenvalue weighted by Crippen LogP contribution is -2.39. The molecule has 7 nitrogen and oxygen atoms in total. The van der Waals surface area contributed by atoms with E-state index in [-0.39, 0.29) is 24.0 Å². The number of likely N-dealkylation sites (tertiary alicyclic amines) is 1. The van der Waals surface area contributed by atoms with Gasteiger partial charge in [-0.3, -0.25) is 9.56 Å². The van der Waals surface area contributed by atoms with Gasteiger partial charge in [0.1, 0.15) is 12.1 Å². The second-order valence-electron chi connectivity index (χ2n) is 7.22. The molecule has 0 bridgehead atoms. The number of halogens is 1. The van der Waals surface area contributed by atoms with Crippen molar-refractivity contribution in [1.29, 1.82) is 0 Å². The number of imidazole rings is 1. The predicted molar refractivity (Wildman–Crippen MR) is 124 cm³/mol. The minimum atomic E-state index is 0. The van der Waals surface area contributed by atoms with E-state index in [9.17, 15) is 0 Å². The summed E-state index contributed by atoms with van der Waals surface area (Å²) in [6.45, 7) is 7.65. The normalized spacial score (nSPS) is 15.9. The summed E-state index contributed by atoms with van der Waals surface area (Å²) in [4.78, 5) is 15.3. The lowest BCUT2D eigenvalue weighted by Gasteiger charge is -2.30. The molecule has 28 heavy (non-hydrogen) atoms. The van der Waals surface area contributed by atoms with Crippen LogP contribution in [0.3, 0.4) is 0 Å². The number of nitrogens with zero attached hydrogens (tertiary/aromatic N) is 5. The fraction of sp³-hybridized carbons (Fsp3) is 0.550. The van der Waals surface area contributed by atoms with Crippen LogP contribution in [-0.4, -0.2) is 58.6 Å². The van der Waals surface area contributed by atoms with Crippen LogP contribution in [0.25, 0.3) is 5.82 Å². The first kappa shape index (κ1) is 22.6. The molecule has 0 aliphatic carbocycles. The maximum atomic E-state index is 4.38. The SMILES string of the molecule is CN=C(NCCCN1CCC(C)CC1)NCc1ccnc(-n2ccnc2)c1.I. The minimum absolute atomic E-state index is 0. The van der Waals surface area contributed by atoms with Gasteiger partial charge in [-0.25, -0.2) is 9.97 Å². The van der Waals surface area contributed by atoms with Crippen LogP contribution < -0.4 is 10.6 Å². The Balaban J connectivity index is 0.00000280. The molecule has 2 aromatic heterocycles. The lowest BCUT2D eigenvalue weighted by molar-refractivity contribution is 0.191. The lowest BCUT2D eigenvalue weighted by atomic mass is 9.99. The Morgan fingerprint density at radius 2 is 2.07 bits per heavy atom. The van der Waals surface area contributed by atoms with Crippen LogP contribution in [0.15, 0.2) is 42.0 Å². The van der Waals surface area contributed by atoms with E-state index >= 15 is 0 Å². The van der Waals surface area contributed by atoms with E-state index in [1.807, 2.05) is 30.1 Å². The van der Waals surface area contributed by atoms with Crippen molar-refractivity contribution in [2.45, 2.75) is 32.7 Å². The van der Waals surface area contributed by atoms with Gasteiger partial charge in [0, 0.05) is 38.7 Å². The van der Waals surface area contributed by atoms with E-state index in [1.54, 1.807) is 12.5 Å². The van der Waals surface area contributed by atoms with Gasteiger partial charge in [0.2, 0.25) is 0 Å². The largest absolute Gasteiger partial charge is 0.356 e. The highest BCUT2D eigenvalue weighted by molar-refractivity contribution is 14.0. The van der Waals surface area contributed by atoms with Gasteiger partial charge in [-0.05, 0) is 62.5 Å². The van der Waals surface area contributed by atoms with Crippen LogP contribution in [0.5, 0.6) is 0 Å². The molecule has 1 aliphatic heterocycles. The average molecular weight is 497 g/mol. The van der Waals surface area contributed by atoms with Crippen molar-refractivity contribution in [2.24, 2.45) is 10.9 Å². The quantitative estimate of drug-likeness (QED) is 0.267. The summed E-state index contributed by atoms with van der Waals surface area (Å²) in [7, 11) is 1.81. The van der Waals surface area contributed by atoms with Gasteiger partial charge < -0.3 is 15.5 Å². The molecule has 154 valence electrons. The van der Waals surface area contributed by atoms with Crippen molar-refractivity contribution in [2.75, 3.05) is 33.2 Å². The molecule has 2 aromatic rings. The van der Waals surface area contributed by atoms with Gasteiger partial charge in [0.15, 0.2) is 5.96 Å². The third-order valence-electron chi connectivity index (χ3n) is 5.08. The molecule has 2 N–H and O–H groups in total. The molecule has 1 aliphatic rings. The van der Waals surface area contributed by atoms with Crippen LogP contribution in [-0.2, 0) is 6.54 Å². The first-order valence-electron chi connectivity index (χ1n) is 9.84. The van der Waals surface area contributed by atoms with E-state index in [0.29, 0.717) is 6.54 Å². The van der Waals surface area contributed by atoms with Crippen molar-refractivity contribution in [3.63, 3.8) is 0 Å². The Labute approximate surface area is 185 Å². The maximum Gasteiger partial charge on any atom is 0.191 e. The summed E-state index contributed by atoms with van der Waals surface area (Å²) in [6.07, 6.45) is 11.0. The highest BCUT2D eigenvalue weighted by Gasteiger charge is 2.14. The van der Waals surface area contributed by atoms with Crippen molar-refractivity contribution < 1.29 is 0 Å². The number of pyridine rings is 1. The molecule has 3 rings (SSSR count). The zero-order chi connectivity index (χ0) is 18.9. The topological polar surface area (TPSA) is 70.4 Å². The highest BCUT2D eigenvalue weighted by atomic mass is 127. The van der Waals surface area contributed by atoms with Crippen molar-refractivity contribution >= 4 is 29.9 Å². The number of rotatable bonds is 7. The molecule has 0 aromatic carbocycles. The average Bonchev–Trinajstić information content (AvgIpc) is 3.24. The number of aromatic nitrogens is 3. The fourth-order valence-corrected chi connectivity index (χ4v) is 3.31. The molecule has 0 atom stereocenters. The summed E-state index contributed by atoms with van der Waals surface area (Å²) in [5.41, 5.74) is 1.15. The molecule has 3 heterocycles. The number of nitrogens with one attached hydrogen (secondary N) is 2. The molecular formula is C20H32IN7. The second kappa shape index (κ2) is 12.0. The number of guanidine groups is 1. The first-order valence-corrected chi connectivity index (χ1v) is 9.84. The standard InChI is InChI=1S/C20H31N7.HI/c1-17-5-11-26(12-6-17)10-3-7-24-20(21-2)25-15-18-4-8-23-19(14-18)27-13-9-22-16-27;/h4,8-9,13-14,16-17H,3,5-7,10-12,15H2,1-2H3,(H2,21,24,25);1H. The van der Waals surface area contributed by atoms with Crippen molar-refractivity contribution in [3.8, 4) is 5.82 Å². The maximum absolute atomic E-state index is 4.38. The number of aliphatic imine (C=N–C) groups is 1. The Kier molecular flexibility index (Phi) is 9.69. The number of hydrogen-bond donors (Lipinski definition) is 2. The molecule has 0 spiro atoms. The van der Waals surface area contributed by atoms with Crippen LogP contribution in [0.4, 0.5) is 0 Å². The Morgan fingerprint density at radius 1 is 1.25 bits per heavy atom. The number of hydrogen-bond acceptors (Lipinski definition) is 4. The van der Waals surface area contributed by atoms with Crippen LogP contribution in [0.1, 0.15) is 31.7 Å². The second-order valence-corrected chi connectivity index (χ2v) is 7.22. The van der Waals surface area contributed by atoms with E-state index in [1.165, 1.54) is 25.9 Å². The van der Waals surface area contributed by atoms with Crippen LogP contribution in [0.2, 0.25) is 0 Å². The number of piperidine rings is 1.